The van der Waals surface area contributed by atoms with Crippen molar-refractivity contribution in [2.24, 2.45) is 0 Å². The Morgan fingerprint density at radius 2 is 2.07 bits per heavy atom. The first-order valence-corrected chi connectivity index (χ1v) is 6.32. The van der Waals surface area contributed by atoms with Crippen LogP contribution in [-0.4, -0.2) is 50.8 Å². The maximum atomic E-state index is 4.97. The van der Waals surface area contributed by atoms with Crippen molar-refractivity contribution in [3.05, 3.63) is 0 Å². The summed E-state index contributed by atoms with van der Waals surface area (Å²) in [7, 11) is 1.75. The van der Waals surface area contributed by atoms with Crippen LogP contribution < -0.4 is 5.32 Å². The van der Waals surface area contributed by atoms with Gasteiger partial charge in [-0.1, -0.05) is 6.92 Å². The van der Waals surface area contributed by atoms with Gasteiger partial charge < -0.3 is 15.0 Å². The molecule has 0 radical (unpaired) electrons. The lowest BCUT2D eigenvalue weighted by Crippen LogP contribution is -2.27. The molecule has 90 valence electrons. The summed E-state index contributed by atoms with van der Waals surface area (Å²) in [4.78, 5) is 2.62. The summed E-state index contributed by atoms with van der Waals surface area (Å²) in [6.07, 6.45) is 5.47. The normalized spacial score (nSPS) is 16.2. The third-order valence-electron chi connectivity index (χ3n) is 3.00. The van der Waals surface area contributed by atoms with E-state index in [-0.39, 0.29) is 0 Å². The molecule has 0 heterocycles. The van der Waals surface area contributed by atoms with Crippen LogP contribution in [0.4, 0.5) is 0 Å². The number of methoxy groups -OCH3 is 1. The predicted octanol–water partition coefficient (Wildman–Crippen LogP) is 1.49. The minimum absolute atomic E-state index is 0.823. The van der Waals surface area contributed by atoms with Gasteiger partial charge in [0, 0.05) is 19.7 Å². The van der Waals surface area contributed by atoms with Crippen molar-refractivity contribution in [1.29, 1.82) is 0 Å². The quantitative estimate of drug-likeness (QED) is 0.558. The summed E-state index contributed by atoms with van der Waals surface area (Å²) in [5.41, 5.74) is 0. The van der Waals surface area contributed by atoms with Crippen molar-refractivity contribution < 1.29 is 4.74 Å². The Balaban J connectivity index is 1.83. The second-order valence-corrected chi connectivity index (χ2v) is 4.31. The number of rotatable bonds is 10. The van der Waals surface area contributed by atoms with E-state index in [1.54, 1.807) is 7.11 Å². The average molecular weight is 214 g/mol. The van der Waals surface area contributed by atoms with Gasteiger partial charge in [0.15, 0.2) is 0 Å². The predicted molar refractivity (Wildman–Crippen MR) is 64.2 cm³/mol. The Hall–Kier alpha value is -0.120. The summed E-state index contributed by atoms with van der Waals surface area (Å²) < 4.78 is 4.97. The number of hydrogen-bond donors (Lipinski definition) is 1. The topological polar surface area (TPSA) is 24.5 Å². The molecule has 15 heavy (non-hydrogen) atoms. The molecular formula is C12H26N2O. The fourth-order valence-corrected chi connectivity index (χ4v) is 1.90. The van der Waals surface area contributed by atoms with Gasteiger partial charge in [0.2, 0.25) is 0 Å². The van der Waals surface area contributed by atoms with Crippen LogP contribution in [-0.2, 0) is 4.74 Å². The standard InChI is InChI=1S/C12H26N2O/c1-3-14(12-6-7-12)10-5-4-8-13-9-11-15-2/h12-13H,3-11H2,1-2H3. The van der Waals surface area contributed by atoms with Crippen molar-refractivity contribution >= 4 is 0 Å². The Morgan fingerprint density at radius 1 is 1.27 bits per heavy atom. The maximum absolute atomic E-state index is 4.97. The molecule has 0 spiro atoms. The van der Waals surface area contributed by atoms with E-state index < -0.39 is 0 Å². The molecule has 0 aliphatic heterocycles. The lowest BCUT2D eigenvalue weighted by Gasteiger charge is -2.19. The van der Waals surface area contributed by atoms with Gasteiger partial charge in [-0.05, 0) is 45.3 Å². The molecule has 1 saturated carbocycles. The first-order valence-electron chi connectivity index (χ1n) is 6.32. The van der Waals surface area contributed by atoms with Crippen LogP contribution in [0.25, 0.3) is 0 Å². The van der Waals surface area contributed by atoms with Crippen molar-refractivity contribution in [1.82, 2.24) is 10.2 Å². The highest BCUT2D eigenvalue weighted by Gasteiger charge is 2.26. The van der Waals surface area contributed by atoms with E-state index in [1.165, 1.54) is 38.8 Å². The molecule has 0 amide bonds. The van der Waals surface area contributed by atoms with Gasteiger partial charge in [-0.15, -0.1) is 0 Å². The first-order chi connectivity index (χ1) is 7.38. The minimum atomic E-state index is 0.823. The highest BCUT2D eigenvalue weighted by molar-refractivity contribution is 4.83. The fraction of sp³-hybridized carbons (Fsp3) is 1.00. The number of unbranched alkanes of at least 4 members (excludes halogenated alkanes) is 1. The molecule has 1 fully saturated rings. The van der Waals surface area contributed by atoms with Crippen molar-refractivity contribution in [2.75, 3.05) is 39.9 Å². The van der Waals surface area contributed by atoms with E-state index in [0.717, 1.165) is 25.7 Å². The molecule has 0 unspecified atom stereocenters. The Kier molecular flexibility index (Phi) is 6.98. The van der Waals surface area contributed by atoms with Gasteiger partial charge in [-0.3, -0.25) is 0 Å². The molecule has 0 aromatic heterocycles. The lowest BCUT2D eigenvalue weighted by molar-refractivity contribution is 0.199. The van der Waals surface area contributed by atoms with Gasteiger partial charge in [0.05, 0.1) is 6.61 Å². The molecule has 0 saturated heterocycles. The van der Waals surface area contributed by atoms with Gasteiger partial charge in [0.1, 0.15) is 0 Å². The van der Waals surface area contributed by atoms with Crippen LogP contribution in [0.5, 0.6) is 0 Å². The number of nitrogens with zero attached hydrogens (tertiary/aromatic N) is 1. The fourth-order valence-electron chi connectivity index (χ4n) is 1.90. The van der Waals surface area contributed by atoms with Gasteiger partial charge in [-0.25, -0.2) is 0 Å². The molecule has 1 aliphatic rings. The molecule has 1 rings (SSSR count). The number of ether oxygens (including phenoxy) is 1. The Bertz CT molecular complexity index is 149. The van der Waals surface area contributed by atoms with E-state index in [9.17, 15) is 0 Å². The van der Waals surface area contributed by atoms with E-state index in [2.05, 4.69) is 17.1 Å². The number of hydrogen-bond acceptors (Lipinski definition) is 3. The molecule has 3 nitrogen and oxygen atoms in total. The highest BCUT2D eigenvalue weighted by atomic mass is 16.5. The molecule has 1 N–H and O–H groups in total. The van der Waals surface area contributed by atoms with Crippen LogP contribution in [0.15, 0.2) is 0 Å². The molecule has 0 aromatic carbocycles. The zero-order chi connectivity index (χ0) is 10.9. The Morgan fingerprint density at radius 3 is 2.67 bits per heavy atom. The highest BCUT2D eigenvalue weighted by Crippen LogP contribution is 2.26. The van der Waals surface area contributed by atoms with E-state index in [4.69, 9.17) is 4.74 Å². The van der Waals surface area contributed by atoms with Crippen molar-refractivity contribution in [2.45, 2.75) is 38.6 Å². The van der Waals surface area contributed by atoms with Crippen LogP contribution in [0.3, 0.4) is 0 Å². The van der Waals surface area contributed by atoms with Crippen LogP contribution in [0.1, 0.15) is 32.6 Å². The molecule has 3 heteroatoms. The van der Waals surface area contributed by atoms with Gasteiger partial charge in [0.25, 0.3) is 0 Å². The molecule has 0 bridgehead atoms. The zero-order valence-electron chi connectivity index (χ0n) is 10.3. The summed E-state index contributed by atoms with van der Waals surface area (Å²) in [6.45, 7) is 7.72. The van der Waals surface area contributed by atoms with Crippen molar-refractivity contribution in [3.63, 3.8) is 0 Å². The summed E-state index contributed by atoms with van der Waals surface area (Å²) in [5, 5.41) is 3.38. The first kappa shape index (κ1) is 12.9. The van der Waals surface area contributed by atoms with Gasteiger partial charge >= 0.3 is 0 Å². The molecular weight excluding hydrogens is 188 g/mol. The lowest BCUT2D eigenvalue weighted by atomic mass is 10.3. The van der Waals surface area contributed by atoms with Crippen LogP contribution >= 0.6 is 0 Å². The second-order valence-electron chi connectivity index (χ2n) is 4.31. The monoisotopic (exact) mass is 214 g/mol. The second kappa shape index (κ2) is 8.08. The summed E-state index contributed by atoms with van der Waals surface area (Å²) in [5.74, 6) is 0. The zero-order valence-corrected chi connectivity index (χ0v) is 10.3. The largest absolute Gasteiger partial charge is 0.383 e. The third-order valence-corrected chi connectivity index (χ3v) is 3.00. The van der Waals surface area contributed by atoms with Crippen LogP contribution in [0.2, 0.25) is 0 Å². The van der Waals surface area contributed by atoms with Gasteiger partial charge in [-0.2, -0.15) is 0 Å². The van der Waals surface area contributed by atoms with E-state index in [0.29, 0.717) is 0 Å². The molecule has 0 aromatic rings. The SMILES string of the molecule is CCN(CCCCNCCOC)C1CC1. The van der Waals surface area contributed by atoms with E-state index in [1.807, 2.05) is 0 Å². The average Bonchev–Trinajstić information content (AvgIpc) is 3.06. The summed E-state index contributed by atoms with van der Waals surface area (Å²) >= 11 is 0. The number of nitrogens with one attached hydrogen (secondary N) is 1. The van der Waals surface area contributed by atoms with Crippen LogP contribution in [0, 0.1) is 0 Å². The minimum Gasteiger partial charge on any atom is -0.383 e. The molecule has 0 atom stereocenters. The third kappa shape index (κ3) is 6.13. The molecule has 1 aliphatic carbocycles. The van der Waals surface area contributed by atoms with E-state index >= 15 is 0 Å². The van der Waals surface area contributed by atoms with Crippen molar-refractivity contribution in [3.8, 4) is 0 Å². The smallest absolute Gasteiger partial charge is 0.0587 e. The maximum Gasteiger partial charge on any atom is 0.0587 e. The summed E-state index contributed by atoms with van der Waals surface area (Å²) in [6, 6.07) is 0.927. The Labute approximate surface area is 94.2 Å².